The Morgan fingerprint density at radius 3 is 1.10 bits per heavy atom. The number of aryl methyl sites for hydroxylation is 15. The second-order valence-electron chi connectivity index (χ2n) is 16.9. The molecule has 7 rings (SSSR count). The smallest absolute Gasteiger partial charge is 0.444 e. The predicted octanol–water partition coefficient (Wildman–Crippen LogP) is 14.1. The van der Waals surface area contributed by atoms with Crippen LogP contribution in [0.4, 0.5) is 57.4 Å². The maximum absolute atomic E-state index is 8.82. The molecule has 0 aliphatic heterocycles. The molecule has 0 unspecified atom stereocenters. The molecule has 17 nitrogen and oxygen atoms in total. The van der Waals surface area contributed by atoms with Crippen LogP contribution < -0.4 is 45.9 Å². The molecule has 0 spiro atoms. The van der Waals surface area contributed by atoms with Crippen molar-refractivity contribution in [3.05, 3.63) is 159 Å². The van der Waals surface area contributed by atoms with Gasteiger partial charge in [-0.05, 0) is 166 Å². The van der Waals surface area contributed by atoms with Crippen LogP contribution in [0.3, 0.4) is 0 Å². The first-order valence-corrected chi connectivity index (χ1v) is 21.5. The van der Waals surface area contributed by atoms with Gasteiger partial charge < -0.3 is 26.5 Å². The average molecular weight is 975 g/mol. The number of nitrogens with two attached hydrogens (primary N) is 1. The molecule has 0 amide bonds. The summed E-state index contributed by atoms with van der Waals surface area (Å²) in [4.78, 5) is 15.9. The largest absolute Gasteiger partial charge is 1.00 e. The number of nitrogens with one attached hydrogen (secondary N) is 4. The van der Waals surface area contributed by atoms with Crippen molar-refractivity contribution in [3.8, 4) is 0 Å². The summed E-state index contributed by atoms with van der Waals surface area (Å²) in [6.45, 7) is 30.7. The summed E-state index contributed by atoms with van der Waals surface area (Å²) in [5.41, 5.74) is 27.7. The predicted molar refractivity (Wildman–Crippen MR) is 292 cm³/mol. The van der Waals surface area contributed by atoms with Gasteiger partial charge in [0.2, 0.25) is 5.69 Å². The Kier molecular flexibility index (Phi) is 26.2. The zero-order valence-electron chi connectivity index (χ0n) is 42.1. The summed E-state index contributed by atoms with van der Waals surface area (Å²) in [6, 6.07) is 21.2. The standard InChI is InChI=1S/C24H29N3.C13H15N6.C13H17N5.3CH4.HNO2.Na/c1-14-8-17(4)23(18(5)9-14)26-21-12-16(3)13-22(25-21)27-24-19(6)10-15(2)11-20(24)7;1-7-5-8(2)11(9(3)6-7)17-18-12-10(4)16-19-13(12)15-14;1-7-5-8(2)11(9(3)6-7)16-17-12-10(4)15-18-13(12)14;;;;2-1-3;/h8-13H,1-7H3,(H2,25,26,27);5-6H,1-4H3,(H,16,19);5-6H,1-4H3,(H3,14,15,18);3*1H4;(H,2,3);/q;+1;;;;;;+1/p-1. The van der Waals surface area contributed by atoms with Gasteiger partial charge in [-0.3, -0.25) is 5.10 Å². The van der Waals surface area contributed by atoms with Crippen LogP contribution in [0, 0.1) is 119 Å². The van der Waals surface area contributed by atoms with Gasteiger partial charge in [0.05, 0.1) is 33.3 Å². The summed E-state index contributed by atoms with van der Waals surface area (Å²) < 4.78 is 0. The first-order chi connectivity index (χ1) is 31.6. The van der Waals surface area contributed by atoms with Crippen molar-refractivity contribution in [2.24, 2.45) is 25.8 Å². The van der Waals surface area contributed by atoms with E-state index in [0.717, 1.165) is 67.7 Å². The minimum absolute atomic E-state index is 0. The molecule has 7 aromatic rings. The van der Waals surface area contributed by atoms with Crippen LogP contribution in [0.25, 0.3) is 4.98 Å². The summed E-state index contributed by atoms with van der Waals surface area (Å²) in [7, 11) is 0. The fourth-order valence-corrected chi connectivity index (χ4v) is 7.83. The molecule has 0 saturated carbocycles. The molecule has 3 heterocycles. The van der Waals surface area contributed by atoms with E-state index in [9.17, 15) is 0 Å². The maximum Gasteiger partial charge on any atom is 1.00 e. The molecular weight excluding hydrogens is 902 g/mol. The fourth-order valence-electron chi connectivity index (χ4n) is 7.83. The Balaban J connectivity index is 0.00000100. The zero-order valence-corrected chi connectivity index (χ0v) is 44.1. The van der Waals surface area contributed by atoms with Crippen LogP contribution in [-0.4, -0.2) is 25.4 Å². The third-order valence-corrected chi connectivity index (χ3v) is 10.5. The summed E-state index contributed by atoms with van der Waals surface area (Å²) in [6.07, 6.45) is 0. The van der Waals surface area contributed by atoms with Gasteiger partial charge in [-0.15, -0.1) is 25.8 Å². The van der Waals surface area contributed by atoms with Crippen molar-refractivity contribution in [1.29, 1.82) is 5.39 Å². The molecule has 0 atom stereocenters. The number of diazo groups is 1. The Morgan fingerprint density at radius 1 is 0.493 bits per heavy atom. The van der Waals surface area contributed by atoms with Gasteiger partial charge in [-0.25, -0.2) is 4.98 Å². The number of hydrogen-bond acceptors (Lipinski definition) is 14. The van der Waals surface area contributed by atoms with Crippen LogP contribution in [0.2, 0.25) is 0 Å². The Bertz CT molecular complexity index is 2810. The van der Waals surface area contributed by atoms with E-state index >= 15 is 0 Å². The van der Waals surface area contributed by atoms with Crippen LogP contribution in [-0.2, 0) is 0 Å². The van der Waals surface area contributed by atoms with Crippen molar-refractivity contribution in [2.75, 3.05) is 16.4 Å². The van der Waals surface area contributed by atoms with Crippen LogP contribution in [0.1, 0.15) is 106 Å². The third-order valence-electron chi connectivity index (χ3n) is 10.5. The Labute approximate surface area is 443 Å². The van der Waals surface area contributed by atoms with E-state index in [0.29, 0.717) is 22.9 Å². The van der Waals surface area contributed by atoms with E-state index in [-0.39, 0.29) is 57.7 Å². The molecular formula is C53H73N15NaO2+. The van der Waals surface area contributed by atoms with E-state index in [4.69, 9.17) is 26.2 Å². The molecule has 18 heteroatoms. The summed E-state index contributed by atoms with van der Waals surface area (Å²) >= 11 is 0. The number of nitrogens with zero attached hydrogens (tertiary/aromatic N) is 10. The van der Waals surface area contributed by atoms with Crippen molar-refractivity contribution < 1.29 is 29.6 Å². The van der Waals surface area contributed by atoms with E-state index in [1.54, 1.807) is 6.92 Å². The van der Waals surface area contributed by atoms with Crippen molar-refractivity contribution in [2.45, 2.75) is 126 Å². The number of azo groups is 2. The van der Waals surface area contributed by atoms with Crippen molar-refractivity contribution >= 4 is 57.4 Å². The number of aromatic amines is 2. The van der Waals surface area contributed by atoms with E-state index in [1.807, 2.05) is 41.5 Å². The van der Waals surface area contributed by atoms with Crippen LogP contribution >= 0.6 is 0 Å². The third kappa shape index (κ3) is 17.7. The molecule has 0 fully saturated rings. The van der Waals surface area contributed by atoms with Crippen LogP contribution in [0.5, 0.6) is 0 Å². The number of hydrogen-bond donors (Lipinski definition) is 5. The number of benzene rings is 4. The second-order valence-corrected chi connectivity index (χ2v) is 16.9. The monoisotopic (exact) mass is 975 g/mol. The Hall–Kier alpha value is -7.13. The second kappa shape index (κ2) is 29.1. The normalized spacial score (nSPS) is 10.1. The first kappa shape index (κ1) is 63.9. The van der Waals surface area contributed by atoms with Crippen molar-refractivity contribution in [3.63, 3.8) is 0 Å². The maximum atomic E-state index is 8.82. The minimum Gasteiger partial charge on any atom is -0.444 e. The van der Waals surface area contributed by atoms with Gasteiger partial charge in [-0.1, -0.05) is 93.1 Å². The number of pyridine rings is 1. The molecule has 3 aromatic heterocycles. The minimum atomic E-state index is 0. The SMILES string of the molecule is C.C.C.Cc1cc(C)c(N=Nc2c(N)n[nH]c2C)c(C)c1.Cc1cc(C)c(N=Nc2c([N+]#N)n[nH]c2C)c(C)c1.Cc1cc(Nc2c(C)cc(C)cc2C)nc(Nc2c(C)cc(C)cc2C)c1.O=N[O-].[Na+]. The molecule has 0 aliphatic carbocycles. The Morgan fingerprint density at radius 2 is 0.775 bits per heavy atom. The summed E-state index contributed by atoms with van der Waals surface area (Å²) in [5, 5.41) is 54.9. The number of H-pyrrole nitrogens is 2. The van der Waals surface area contributed by atoms with E-state index in [2.05, 4.69) is 173 Å². The average Bonchev–Trinajstić information content (AvgIpc) is 3.75. The topological polar surface area (TPSA) is 250 Å². The molecule has 0 radical (unpaired) electrons. The summed E-state index contributed by atoms with van der Waals surface area (Å²) in [5.74, 6) is 2.23. The number of nitrogen functional groups attached to an aromatic ring is 1. The van der Waals surface area contributed by atoms with Gasteiger partial charge in [0, 0.05) is 16.4 Å². The molecule has 6 N–H and O–H groups in total. The number of aromatic nitrogens is 5. The molecule has 0 saturated heterocycles. The quantitative estimate of drug-likeness (QED) is 0.0319. The molecule has 4 aromatic carbocycles. The van der Waals surface area contributed by atoms with Gasteiger partial charge in [0.25, 0.3) is 0 Å². The van der Waals surface area contributed by atoms with Crippen LogP contribution in [0.15, 0.2) is 86.5 Å². The van der Waals surface area contributed by atoms with E-state index in [1.165, 1.54) is 50.1 Å². The fraction of sp³-hybridized carbons (Fsp3) is 0.340. The molecule has 0 aliphatic rings. The van der Waals surface area contributed by atoms with Crippen molar-refractivity contribution in [1.82, 2.24) is 25.4 Å². The first-order valence-electron chi connectivity index (χ1n) is 21.5. The number of rotatable bonds is 8. The zero-order chi connectivity index (χ0) is 49.7. The van der Waals surface area contributed by atoms with Gasteiger partial charge in [-0.2, -0.15) is 10.2 Å². The van der Waals surface area contributed by atoms with Gasteiger partial charge in [0.1, 0.15) is 17.3 Å². The number of anilines is 5. The van der Waals surface area contributed by atoms with E-state index < -0.39 is 0 Å². The molecule has 372 valence electrons. The molecule has 0 bridgehead atoms. The van der Waals surface area contributed by atoms with Gasteiger partial charge >= 0.3 is 35.4 Å². The molecule has 71 heavy (non-hydrogen) atoms. The van der Waals surface area contributed by atoms with Gasteiger partial charge in [0.15, 0.2) is 5.82 Å².